The van der Waals surface area contributed by atoms with Gasteiger partial charge in [-0.3, -0.25) is 4.79 Å². The molecule has 3 aromatic rings. The molecule has 8 heteroatoms. The number of carbonyl (C=O) groups is 1. The highest BCUT2D eigenvalue weighted by Crippen LogP contribution is 2.32. The van der Waals surface area contributed by atoms with Crippen LogP contribution in [-0.2, 0) is 4.79 Å². The van der Waals surface area contributed by atoms with Crippen LogP contribution in [-0.4, -0.2) is 26.5 Å². The molecule has 0 aliphatic heterocycles. The van der Waals surface area contributed by atoms with Crippen LogP contribution < -0.4 is 11.2 Å². The molecule has 0 radical (unpaired) electrons. The SMILES string of the molecule is Nn1c(SCC(=O)NC(c2ccccc2)c2ccc(Cl)cc2)nnc1C1CCCCC1. The minimum atomic E-state index is -0.264. The predicted octanol–water partition coefficient (Wildman–Crippen LogP) is 4.69. The number of nitrogen functional groups attached to an aromatic ring is 1. The van der Waals surface area contributed by atoms with E-state index in [1.54, 1.807) is 4.68 Å². The molecule has 0 bridgehead atoms. The molecular formula is C23H26ClN5OS. The van der Waals surface area contributed by atoms with Crippen molar-refractivity contribution in [3.8, 4) is 0 Å². The minimum absolute atomic E-state index is 0.101. The molecule has 1 aliphatic rings. The molecule has 0 spiro atoms. The number of thioether (sulfide) groups is 1. The van der Waals surface area contributed by atoms with Gasteiger partial charge in [0.25, 0.3) is 0 Å². The fraction of sp³-hybridized carbons (Fsp3) is 0.348. The normalized spacial score (nSPS) is 15.5. The largest absolute Gasteiger partial charge is 0.344 e. The van der Waals surface area contributed by atoms with Crippen LogP contribution in [0.1, 0.15) is 61.0 Å². The van der Waals surface area contributed by atoms with E-state index in [1.807, 2.05) is 54.6 Å². The third kappa shape index (κ3) is 5.40. The van der Waals surface area contributed by atoms with E-state index in [0.717, 1.165) is 29.8 Å². The van der Waals surface area contributed by atoms with E-state index in [9.17, 15) is 4.79 Å². The summed E-state index contributed by atoms with van der Waals surface area (Å²) in [5, 5.41) is 12.9. The van der Waals surface area contributed by atoms with Crippen LogP contribution >= 0.6 is 23.4 Å². The van der Waals surface area contributed by atoms with E-state index < -0.39 is 0 Å². The van der Waals surface area contributed by atoms with Gasteiger partial charge in [0.2, 0.25) is 11.1 Å². The van der Waals surface area contributed by atoms with E-state index in [1.165, 1.54) is 31.0 Å². The van der Waals surface area contributed by atoms with Gasteiger partial charge in [-0.05, 0) is 36.1 Å². The van der Waals surface area contributed by atoms with Crippen LogP contribution in [0.25, 0.3) is 0 Å². The first-order valence-corrected chi connectivity index (χ1v) is 11.9. The highest BCUT2D eigenvalue weighted by atomic mass is 35.5. The number of halogens is 1. The van der Waals surface area contributed by atoms with Crippen molar-refractivity contribution in [1.29, 1.82) is 0 Å². The summed E-state index contributed by atoms with van der Waals surface area (Å²) in [5.74, 6) is 7.54. The zero-order valence-corrected chi connectivity index (χ0v) is 18.8. The van der Waals surface area contributed by atoms with Gasteiger partial charge in [0.15, 0.2) is 5.82 Å². The quantitative estimate of drug-likeness (QED) is 0.398. The Hall–Kier alpha value is -2.51. The van der Waals surface area contributed by atoms with Crippen LogP contribution in [0.15, 0.2) is 59.8 Å². The number of benzene rings is 2. The molecule has 1 saturated carbocycles. The summed E-state index contributed by atoms with van der Waals surface area (Å²) in [5.41, 5.74) is 1.97. The lowest BCUT2D eigenvalue weighted by molar-refractivity contribution is -0.119. The highest BCUT2D eigenvalue weighted by Gasteiger charge is 2.23. The molecule has 6 nitrogen and oxygen atoms in total. The molecular weight excluding hydrogens is 430 g/mol. The lowest BCUT2D eigenvalue weighted by Gasteiger charge is -2.20. The van der Waals surface area contributed by atoms with Gasteiger partial charge >= 0.3 is 0 Å². The lowest BCUT2D eigenvalue weighted by Crippen LogP contribution is -2.31. The molecule has 1 aliphatic carbocycles. The van der Waals surface area contributed by atoms with Gasteiger partial charge in [-0.25, -0.2) is 4.68 Å². The molecule has 3 N–H and O–H groups in total. The standard InChI is InChI=1S/C23H26ClN5OS/c24-19-13-11-17(12-14-19)21(16-7-3-1-4-8-16)26-20(30)15-31-23-28-27-22(29(23)25)18-9-5-2-6-10-18/h1,3-4,7-8,11-14,18,21H,2,5-6,9-10,15,25H2,(H,26,30). The molecule has 31 heavy (non-hydrogen) atoms. The zero-order valence-electron chi connectivity index (χ0n) is 17.2. The highest BCUT2D eigenvalue weighted by molar-refractivity contribution is 7.99. The first kappa shape index (κ1) is 21.7. The number of hydrogen-bond donors (Lipinski definition) is 2. The molecule has 4 rings (SSSR count). The maximum atomic E-state index is 12.8. The summed E-state index contributed by atoms with van der Waals surface area (Å²) in [6.07, 6.45) is 5.87. The summed E-state index contributed by atoms with van der Waals surface area (Å²) in [4.78, 5) is 12.8. The zero-order chi connectivity index (χ0) is 21.6. The molecule has 2 aromatic carbocycles. The van der Waals surface area contributed by atoms with E-state index >= 15 is 0 Å². The van der Waals surface area contributed by atoms with Crippen molar-refractivity contribution in [2.75, 3.05) is 11.6 Å². The van der Waals surface area contributed by atoms with Crippen molar-refractivity contribution in [1.82, 2.24) is 20.2 Å². The van der Waals surface area contributed by atoms with Crippen molar-refractivity contribution in [2.45, 2.75) is 49.2 Å². The topological polar surface area (TPSA) is 85.8 Å². The maximum absolute atomic E-state index is 12.8. The van der Waals surface area contributed by atoms with E-state index in [4.69, 9.17) is 17.4 Å². The number of nitrogens with zero attached hydrogens (tertiary/aromatic N) is 3. The van der Waals surface area contributed by atoms with Crippen molar-refractivity contribution in [2.24, 2.45) is 0 Å². The predicted molar refractivity (Wildman–Crippen MR) is 125 cm³/mol. The number of hydrogen-bond acceptors (Lipinski definition) is 5. The number of amides is 1. The molecule has 1 aromatic heterocycles. The fourth-order valence-electron chi connectivity index (χ4n) is 4.02. The minimum Gasteiger partial charge on any atom is -0.344 e. The number of aromatic nitrogens is 3. The second-order valence-electron chi connectivity index (χ2n) is 7.80. The average molecular weight is 456 g/mol. The van der Waals surface area contributed by atoms with Gasteiger partial charge in [0.05, 0.1) is 11.8 Å². The summed E-state index contributed by atoms with van der Waals surface area (Å²) < 4.78 is 1.56. The Morgan fingerprint density at radius 1 is 1.06 bits per heavy atom. The van der Waals surface area contributed by atoms with Gasteiger partial charge in [0, 0.05) is 10.9 Å². The second kappa shape index (κ2) is 10.2. The van der Waals surface area contributed by atoms with Crippen LogP contribution in [0.2, 0.25) is 5.02 Å². The smallest absolute Gasteiger partial charge is 0.231 e. The Morgan fingerprint density at radius 3 is 2.45 bits per heavy atom. The molecule has 1 atom stereocenters. The van der Waals surface area contributed by atoms with Gasteiger partial charge < -0.3 is 11.2 Å². The van der Waals surface area contributed by atoms with E-state index in [0.29, 0.717) is 16.1 Å². The van der Waals surface area contributed by atoms with Crippen molar-refractivity contribution in [3.63, 3.8) is 0 Å². The van der Waals surface area contributed by atoms with Crippen LogP contribution in [0.4, 0.5) is 0 Å². The first-order valence-electron chi connectivity index (χ1n) is 10.5. The molecule has 0 saturated heterocycles. The summed E-state index contributed by atoms with van der Waals surface area (Å²) in [6, 6.07) is 17.1. The van der Waals surface area contributed by atoms with Gasteiger partial charge in [-0.15, -0.1) is 10.2 Å². The number of rotatable bonds is 7. The molecule has 1 heterocycles. The van der Waals surface area contributed by atoms with Crippen molar-refractivity contribution < 1.29 is 4.79 Å². The number of nitrogens with one attached hydrogen (secondary N) is 1. The van der Waals surface area contributed by atoms with Crippen LogP contribution in [0.3, 0.4) is 0 Å². The van der Waals surface area contributed by atoms with Gasteiger partial charge in [0.1, 0.15) is 0 Å². The van der Waals surface area contributed by atoms with Crippen LogP contribution in [0.5, 0.6) is 0 Å². The average Bonchev–Trinajstić information content (AvgIpc) is 3.18. The molecule has 162 valence electrons. The van der Waals surface area contributed by atoms with E-state index in [2.05, 4.69) is 15.5 Å². The summed E-state index contributed by atoms with van der Waals surface area (Å²) in [6.45, 7) is 0. The third-order valence-electron chi connectivity index (χ3n) is 5.64. The van der Waals surface area contributed by atoms with E-state index in [-0.39, 0.29) is 17.7 Å². The maximum Gasteiger partial charge on any atom is 0.231 e. The van der Waals surface area contributed by atoms with Crippen molar-refractivity contribution in [3.05, 3.63) is 76.6 Å². The fourth-order valence-corrected chi connectivity index (χ4v) is 4.82. The Morgan fingerprint density at radius 2 is 1.74 bits per heavy atom. The molecule has 1 fully saturated rings. The molecule has 1 unspecified atom stereocenters. The first-order chi connectivity index (χ1) is 15.1. The monoisotopic (exact) mass is 455 g/mol. The molecule has 1 amide bonds. The van der Waals surface area contributed by atoms with Gasteiger partial charge in [-0.2, -0.15) is 0 Å². The second-order valence-corrected chi connectivity index (χ2v) is 9.18. The number of carbonyl (C=O) groups excluding carboxylic acids is 1. The van der Waals surface area contributed by atoms with Crippen molar-refractivity contribution >= 4 is 29.3 Å². The Labute approximate surface area is 191 Å². The number of nitrogens with two attached hydrogens (primary N) is 1. The lowest BCUT2D eigenvalue weighted by atomic mass is 9.89. The third-order valence-corrected chi connectivity index (χ3v) is 6.83. The Bertz CT molecular complexity index is 1000. The summed E-state index contributed by atoms with van der Waals surface area (Å²) >= 11 is 7.35. The summed E-state index contributed by atoms with van der Waals surface area (Å²) in [7, 11) is 0. The van der Waals surface area contributed by atoms with Gasteiger partial charge in [-0.1, -0.05) is 85.1 Å². The van der Waals surface area contributed by atoms with Crippen LogP contribution in [0, 0.1) is 0 Å². The Balaban J connectivity index is 1.43. The Kier molecular flexibility index (Phi) is 7.14.